The van der Waals surface area contributed by atoms with Gasteiger partial charge in [-0.1, -0.05) is 5.16 Å². The molecule has 7 heteroatoms. The van der Waals surface area contributed by atoms with E-state index in [-0.39, 0.29) is 17.8 Å². The summed E-state index contributed by atoms with van der Waals surface area (Å²) >= 11 is 1.52. The zero-order valence-electron chi connectivity index (χ0n) is 13.9. The molecule has 1 saturated carbocycles. The van der Waals surface area contributed by atoms with E-state index in [1.54, 1.807) is 0 Å². The number of carboxylic acids is 1. The maximum atomic E-state index is 12.7. The van der Waals surface area contributed by atoms with Crippen LogP contribution >= 0.6 is 11.3 Å². The van der Waals surface area contributed by atoms with Gasteiger partial charge >= 0.3 is 5.97 Å². The first kappa shape index (κ1) is 16.2. The number of aryl methyl sites for hydroxylation is 1. The number of nitrogens with zero attached hydrogens (tertiary/aromatic N) is 2. The molecule has 0 bridgehead atoms. The number of ketones is 1. The molecule has 2 aliphatic rings. The van der Waals surface area contributed by atoms with Crippen molar-refractivity contribution >= 4 is 23.1 Å². The molecule has 0 saturated heterocycles. The van der Waals surface area contributed by atoms with Gasteiger partial charge in [0.2, 0.25) is 0 Å². The number of carbonyl (C=O) groups excluding carboxylic acids is 1. The van der Waals surface area contributed by atoms with Crippen LogP contribution < -0.4 is 0 Å². The molecule has 0 radical (unpaired) electrons. The van der Waals surface area contributed by atoms with Gasteiger partial charge in [0, 0.05) is 33.2 Å². The first-order valence-corrected chi connectivity index (χ1v) is 9.26. The van der Waals surface area contributed by atoms with Crippen LogP contribution in [0, 0.1) is 6.92 Å². The number of rotatable bonds is 6. The monoisotopic (exact) mass is 358 g/mol. The lowest BCUT2D eigenvalue weighted by atomic mass is 10.0. The summed E-state index contributed by atoms with van der Waals surface area (Å²) in [5, 5.41) is 13.3. The van der Waals surface area contributed by atoms with E-state index in [1.807, 2.05) is 13.0 Å². The summed E-state index contributed by atoms with van der Waals surface area (Å²) in [6.45, 7) is 1.97. The van der Waals surface area contributed by atoms with Crippen LogP contribution in [-0.4, -0.2) is 27.0 Å². The highest BCUT2D eigenvalue weighted by molar-refractivity contribution is 7.12. The van der Waals surface area contributed by atoms with E-state index in [0.29, 0.717) is 30.2 Å². The van der Waals surface area contributed by atoms with Crippen molar-refractivity contribution in [3.05, 3.63) is 32.8 Å². The predicted molar refractivity (Wildman–Crippen MR) is 91.5 cm³/mol. The number of aliphatic carboxylic acids is 1. The summed E-state index contributed by atoms with van der Waals surface area (Å²) < 4.78 is 5.40. The van der Waals surface area contributed by atoms with Gasteiger partial charge in [0.1, 0.15) is 0 Å². The Labute approximate surface area is 148 Å². The van der Waals surface area contributed by atoms with Gasteiger partial charge in [0.25, 0.3) is 5.89 Å². The largest absolute Gasteiger partial charge is 0.478 e. The molecule has 2 heterocycles. The standard InChI is InChI=1S/C18H18N2O4S/c1-9-7-13(17-19-16(20-24-17)10-5-6-10)15(25-9)8-14(21)11-3-2-4-12(11)18(22)23/h7,10H,2-6,8H2,1H3,(H,22,23). The van der Waals surface area contributed by atoms with Gasteiger partial charge in [-0.15, -0.1) is 11.3 Å². The molecule has 2 aromatic heterocycles. The molecule has 2 aliphatic carbocycles. The van der Waals surface area contributed by atoms with Gasteiger partial charge in [0.05, 0.1) is 5.56 Å². The van der Waals surface area contributed by atoms with Gasteiger partial charge in [0.15, 0.2) is 11.6 Å². The number of hydrogen-bond acceptors (Lipinski definition) is 6. The Morgan fingerprint density at radius 1 is 1.32 bits per heavy atom. The summed E-state index contributed by atoms with van der Waals surface area (Å²) in [5.74, 6) is 0.508. The summed E-state index contributed by atoms with van der Waals surface area (Å²) in [6, 6.07) is 1.96. The van der Waals surface area contributed by atoms with Gasteiger partial charge in [-0.25, -0.2) is 4.79 Å². The first-order valence-electron chi connectivity index (χ1n) is 8.44. The Morgan fingerprint density at radius 3 is 2.80 bits per heavy atom. The normalized spacial score (nSPS) is 17.3. The van der Waals surface area contributed by atoms with E-state index < -0.39 is 5.97 Å². The highest BCUT2D eigenvalue weighted by atomic mass is 32.1. The van der Waals surface area contributed by atoms with E-state index in [2.05, 4.69) is 10.1 Å². The molecule has 0 aliphatic heterocycles. The van der Waals surface area contributed by atoms with Crippen LogP contribution in [0.4, 0.5) is 0 Å². The number of Topliss-reactive ketones (excluding diaryl/α,β-unsaturated/α-hetero) is 1. The second-order valence-corrected chi connectivity index (χ2v) is 7.98. The number of aromatic nitrogens is 2. The molecule has 25 heavy (non-hydrogen) atoms. The number of carbonyl (C=O) groups is 2. The lowest BCUT2D eigenvalue weighted by molar-refractivity contribution is -0.133. The van der Waals surface area contributed by atoms with Crippen molar-refractivity contribution in [3.8, 4) is 11.5 Å². The maximum absolute atomic E-state index is 12.7. The van der Waals surface area contributed by atoms with Crippen molar-refractivity contribution in [2.45, 2.75) is 51.4 Å². The fraction of sp³-hybridized carbons (Fsp3) is 0.444. The Bertz CT molecular complexity index is 889. The molecule has 0 amide bonds. The van der Waals surface area contributed by atoms with Gasteiger partial charge < -0.3 is 9.63 Å². The van der Waals surface area contributed by atoms with E-state index in [0.717, 1.165) is 40.4 Å². The highest BCUT2D eigenvalue weighted by Gasteiger charge is 2.30. The lowest BCUT2D eigenvalue weighted by Gasteiger charge is -2.03. The van der Waals surface area contributed by atoms with Crippen molar-refractivity contribution in [3.63, 3.8) is 0 Å². The number of carboxylic acid groups (broad SMARTS) is 1. The average Bonchev–Trinajstić information content (AvgIpc) is 3.01. The first-order chi connectivity index (χ1) is 12.0. The SMILES string of the molecule is Cc1cc(-c2nc(C3CC3)no2)c(CC(=O)C2=C(C(=O)O)CCC2)s1. The van der Waals surface area contributed by atoms with Crippen molar-refractivity contribution in [2.24, 2.45) is 0 Å². The zero-order valence-corrected chi connectivity index (χ0v) is 14.7. The Balaban J connectivity index is 1.61. The van der Waals surface area contributed by atoms with E-state index in [4.69, 9.17) is 4.52 Å². The van der Waals surface area contributed by atoms with Crippen LogP contribution in [-0.2, 0) is 16.0 Å². The van der Waals surface area contributed by atoms with E-state index in [9.17, 15) is 14.7 Å². The smallest absolute Gasteiger partial charge is 0.331 e. The molecule has 1 N–H and O–H groups in total. The van der Waals surface area contributed by atoms with Crippen molar-refractivity contribution in [1.82, 2.24) is 10.1 Å². The lowest BCUT2D eigenvalue weighted by Crippen LogP contribution is -2.10. The molecular weight excluding hydrogens is 340 g/mol. The molecule has 0 unspecified atom stereocenters. The van der Waals surface area contributed by atoms with Crippen LogP contribution in [0.1, 0.15) is 53.6 Å². The van der Waals surface area contributed by atoms with Crippen LogP contribution in [0.2, 0.25) is 0 Å². The quantitative estimate of drug-likeness (QED) is 0.847. The minimum absolute atomic E-state index is 0.111. The topological polar surface area (TPSA) is 93.3 Å². The molecule has 0 aromatic carbocycles. The summed E-state index contributed by atoms with van der Waals surface area (Å²) in [6.07, 6.45) is 4.13. The third kappa shape index (κ3) is 3.16. The molecule has 2 aromatic rings. The molecule has 0 spiro atoms. The van der Waals surface area contributed by atoms with Crippen LogP contribution in [0.5, 0.6) is 0 Å². The minimum atomic E-state index is -0.977. The number of allylic oxidation sites excluding steroid dienone is 1. The van der Waals surface area contributed by atoms with Gasteiger partial charge in [-0.2, -0.15) is 4.98 Å². The third-order valence-electron chi connectivity index (χ3n) is 4.68. The molecular formula is C18H18N2O4S. The highest BCUT2D eigenvalue weighted by Crippen LogP contribution is 2.40. The molecule has 1 fully saturated rings. The molecule has 0 atom stereocenters. The second kappa shape index (κ2) is 6.22. The van der Waals surface area contributed by atoms with E-state index >= 15 is 0 Å². The second-order valence-electron chi connectivity index (χ2n) is 6.64. The van der Waals surface area contributed by atoms with Crippen molar-refractivity contribution in [2.75, 3.05) is 0 Å². The molecule has 6 nitrogen and oxygen atoms in total. The van der Waals surface area contributed by atoms with Gasteiger partial charge in [-0.05, 0) is 45.1 Å². The summed E-state index contributed by atoms with van der Waals surface area (Å²) in [7, 11) is 0. The Morgan fingerprint density at radius 2 is 2.08 bits per heavy atom. The maximum Gasteiger partial charge on any atom is 0.331 e. The number of hydrogen-bond donors (Lipinski definition) is 1. The molecule has 130 valence electrons. The summed E-state index contributed by atoms with van der Waals surface area (Å²) in [4.78, 5) is 30.4. The average molecular weight is 358 g/mol. The van der Waals surface area contributed by atoms with Crippen molar-refractivity contribution in [1.29, 1.82) is 0 Å². The minimum Gasteiger partial charge on any atom is -0.478 e. The van der Waals surface area contributed by atoms with Crippen molar-refractivity contribution < 1.29 is 19.2 Å². The van der Waals surface area contributed by atoms with Crippen LogP contribution in [0.15, 0.2) is 21.7 Å². The number of thiophene rings is 1. The third-order valence-corrected chi connectivity index (χ3v) is 5.73. The fourth-order valence-corrected chi connectivity index (χ4v) is 4.29. The fourth-order valence-electron chi connectivity index (χ4n) is 3.27. The molecule has 4 rings (SSSR count). The zero-order chi connectivity index (χ0) is 17.6. The Kier molecular flexibility index (Phi) is 4.03. The summed E-state index contributed by atoms with van der Waals surface area (Å²) in [5.41, 5.74) is 1.54. The van der Waals surface area contributed by atoms with Gasteiger partial charge in [-0.3, -0.25) is 4.79 Å². The van der Waals surface area contributed by atoms with Crippen LogP contribution in [0.25, 0.3) is 11.5 Å². The Hall–Kier alpha value is -2.28. The van der Waals surface area contributed by atoms with Crippen LogP contribution in [0.3, 0.4) is 0 Å². The predicted octanol–water partition coefficient (Wildman–Crippen LogP) is 3.66. The van der Waals surface area contributed by atoms with E-state index in [1.165, 1.54) is 11.3 Å².